The summed E-state index contributed by atoms with van der Waals surface area (Å²) in [6.45, 7) is 0. The highest BCUT2D eigenvalue weighted by Gasteiger charge is 2.20. The molecule has 1 aliphatic heterocycles. The maximum Gasteiger partial charge on any atom is 0.244 e. The summed E-state index contributed by atoms with van der Waals surface area (Å²) in [6.07, 6.45) is 2.24. The average Bonchev–Trinajstić information content (AvgIpc) is 2.89. The van der Waals surface area contributed by atoms with Gasteiger partial charge in [0.15, 0.2) is 5.76 Å². The largest absolute Gasteiger partial charge is 0.458 e. The van der Waals surface area contributed by atoms with E-state index in [2.05, 4.69) is 12.1 Å². The van der Waals surface area contributed by atoms with Crippen molar-refractivity contribution in [3.63, 3.8) is 0 Å². The number of ether oxygens (including phenoxy) is 2. The topological polar surface area (TPSA) is 18.5 Å². The Morgan fingerprint density at radius 1 is 0.833 bits per heavy atom. The molecule has 0 aliphatic carbocycles. The first-order valence-corrected chi connectivity index (χ1v) is 6.03. The summed E-state index contributed by atoms with van der Waals surface area (Å²) >= 11 is 0. The second-order valence-corrected chi connectivity index (χ2v) is 4.22. The van der Waals surface area contributed by atoms with Crippen molar-refractivity contribution in [3.05, 3.63) is 78.1 Å². The van der Waals surface area contributed by atoms with Crippen molar-refractivity contribution in [2.75, 3.05) is 0 Å². The molecular weight excluding hydrogens is 224 g/mol. The third kappa shape index (κ3) is 2.38. The van der Waals surface area contributed by atoms with Gasteiger partial charge in [-0.05, 0) is 5.56 Å². The van der Waals surface area contributed by atoms with Gasteiger partial charge in [-0.2, -0.15) is 0 Å². The van der Waals surface area contributed by atoms with Crippen LogP contribution >= 0.6 is 0 Å². The van der Waals surface area contributed by atoms with Crippen LogP contribution in [0.5, 0.6) is 0 Å². The molecule has 0 bridgehead atoms. The molecule has 0 radical (unpaired) electrons. The molecule has 2 aromatic rings. The van der Waals surface area contributed by atoms with Crippen LogP contribution in [0.25, 0.3) is 5.76 Å². The Bertz CT molecular complexity index is 532. The monoisotopic (exact) mass is 238 g/mol. The third-order valence-electron chi connectivity index (χ3n) is 2.89. The maximum atomic E-state index is 5.79. The third-order valence-corrected chi connectivity index (χ3v) is 2.89. The zero-order valence-electron chi connectivity index (χ0n) is 9.95. The average molecular weight is 238 g/mol. The summed E-state index contributed by atoms with van der Waals surface area (Å²) in [5.74, 6) is 0.802. The first-order chi connectivity index (χ1) is 8.92. The molecule has 0 saturated heterocycles. The lowest BCUT2D eigenvalue weighted by atomic mass is 10.1. The Hall–Kier alpha value is -2.22. The quantitative estimate of drug-likeness (QED) is 0.813. The van der Waals surface area contributed by atoms with E-state index < -0.39 is 0 Å². The maximum absolute atomic E-state index is 5.79. The predicted octanol–water partition coefficient (Wildman–Crippen LogP) is 3.60. The van der Waals surface area contributed by atoms with E-state index in [9.17, 15) is 0 Å². The fourth-order valence-corrected chi connectivity index (χ4v) is 1.97. The Kier molecular flexibility index (Phi) is 3.01. The fraction of sp³-hybridized carbons (Fsp3) is 0.125. The predicted molar refractivity (Wildman–Crippen MR) is 70.5 cm³/mol. The van der Waals surface area contributed by atoms with E-state index in [4.69, 9.17) is 9.47 Å². The smallest absolute Gasteiger partial charge is 0.244 e. The van der Waals surface area contributed by atoms with Gasteiger partial charge in [-0.15, -0.1) is 0 Å². The highest BCUT2D eigenvalue weighted by molar-refractivity contribution is 5.59. The Morgan fingerprint density at radius 2 is 1.50 bits per heavy atom. The lowest BCUT2D eigenvalue weighted by Crippen LogP contribution is -2.11. The van der Waals surface area contributed by atoms with Gasteiger partial charge in [0.05, 0.1) is 0 Å². The van der Waals surface area contributed by atoms with Crippen LogP contribution in [-0.4, -0.2) is 6.29 Å². The summed E-state index contributed by atoms with van der Waals surface area (Å²) in [5.41, 5.74) is 2.26. The molecule has 1 atom stereocenters. The van der Waals surface area contributed by atoms with Gasteiger partial charge in [-0.25, -0.2) is 0 Å². The molecular formula is C16H14O2. The first-order valence-electron chi connectivity index (χ1n) is 6.03. The molecule has 1 unspecified atom stereocenters. The van der Waals surface area contributed by atoms with E-state index in [1.165, 1.54) is 5.56 Å². The molecule has 2 heteroatoms. The molecule has 0 saturated carbocycles. The molecule has 0 fully saturated rings. The van der Waals surface area contributed by atoms with Crippen molar-refractivity contribution >= 4 is 5.76 Å². The van der Waals surface area contributed by atoms with Gasteiger partial charge in [0.1, 0.15) is 6.26 Å². The second kappa shape index (κ2) is 4.96. The lowest BCUT2D eigenvalue weighted by molar-refractivity contribution is -0.0136. The van der Waals surface area contributed by atoms with Gasteiger partial charge in [-0.1, -0.05) is 60.7 Å². The highest BCUT2D eigenvalue weighted by Crippen LogP contribution is 2.25. The van der Waals surface area contributed by atoms with Crippen molar-refractivity contribution in [2.45, 2.75) is 12.7 Å². The standard InChI is InChI=1S/C16H14O2/c1-3-7-13(8-4-1)11-16-17-12-15(18-16)14-9-5-2-6-10-14/h1-10,12,16H,11H2. The van der Waals surface area contributed by atoms with E-state index >= 15 is 0 Å². The second-order valence-electron chi connectivity index (χ2n) is 4.22. The van der Waals surface area contributed by atoms with Gasteiger partial charge in [0.2, 0.25) is 6.29 Å². The molecule has 2 aromatic carbocycles. The zero-order valence-corrected chi connectivity index (χ0v) is 9.95. The molecule has 0 amide bonds. The highest BCUT2D eigenvalue weighted by atomic mass is 16.7. The van der Waals surface area contributed by atoms with Gasteiger partial charge in [0.25, 0.3) is 0 Å². The van der Waals surface area contributed by atoms with Crippen molar-refractivity contribution in [2.24, 2.45) is 0 Å². The summed E-state index contributed by atoms with van der Waals surface area (Å²) in [4.78, 5) is 0. The Labute approximate surface area is 106 Å². The Balaban J connectivity index is 1.65. The van der Waals surface area contributed by atoms with Crippen LogP contribution in [0.15, 0.2) is 66.9 Å². The molecule has 0 spiro atoms. The number of rotatable bonds is 3. The molecule has 3 rings (SSSR count). The number of benzene rings is 2. The van der Waals surface area contributed by atoms with Crippen molar-refractivity contribution in [3.8, 4) is 0 Å². The first kappa shape index (κ1) is 10.9. The van der Waals surface area contributed by atoms with Gasteiger partial charge >= 0.3 is 0 Å². The van der Waals surface area contributed by atoms with Gasteiger partial charge < -0.3 is 9.47 Å². The number of hydrogen-bond acceptors (Lipinski definition) is 2. The van der Waals surface area contributed by atoms with Crippen LogP contribution < -0.4 is 0 Å². The summed E-state index contributed by atoms with van der Waals surface area (Å²) < 4.78 is 11.3. The van der Waals surface area contributed by atoms with Crippen LogP contribution in [-0.2, 0) is 15.9 Å². The zero-order chi connectivity index (χ0) is 12.2. The van der Waals surface area contributed by atoms with Gasteiger partial charge in [-0.3, -0.25) is 0 Å². The fourth-order valence-electron chi connectivity index (χ4n) is 1.97. The van der Waals surface area contributed by atoms with Crippen molar-refractivity contribution in [1.29, 1.82) is 0 Å². The molecule has 90 valence electrons. The SMILES string of the molecule is C1=C(c2ccccc2)OC(Cc2ccccc2)O1. The molecule has 18 heavy (non-hydrogen) atoms. The minimum atomic E-state index is -0.220. The van der Waals surface area contributed by atoms with Gasteiger partial charge in [0, 0.05) is 12.0 Å². The molecule has 0 aromatic heterocycles. The molecule has 0 N–H and O–H groups in total. The summed E-state index contributed by atoms with van der Waals surface area (Å²) in [6, 6.07) is 20.2. The van der Waals surface area contributed by atoms with Crippen LogP contribution in [0, 0.1) is 0 Å². The Morgan fingerprint density at radius 3 is 2.22 bits per heavy atom. The van der Waals surface area contributed by atoms with Crippen LogP contribution in [0.3, 0.4) is 0 Å². The van der Waals surface area contributed by atoms with Crippen LogP contribution in [0.1, 0.15) is 11.1 Å². The molecule has 1 heterocycles. The lowest BCUT2D eigenvalue weighted by Gasteiger charge is -2.11. The summed E-state index contributed by atoms with van der Waals surface area (Å²) in [5, 5.41) is 0. The minimum absolute atomic E-state index is 0.220. The van der Waals surface area contributed by atoms with Crippen LogP contribution in [0.2, 0.25) is 0 Å². The van der Waals surface area contributed by atoms with E-state index in [1.807, 2.05) is 48.5 Å². The van der Waals surface area contributed by atoms with Crippen LogP contribution in [0.4, 0.5) is 0 Å². The molecule has 2 nitrogen and oxygen atoms in total. The molecule has 1 aliphatic rings. The number of hydrogen-bond donors (Lipinski definition) is 0. The van der Waals surface area contributed by atoms with E-state index in [1.54, 1.807) is 6.26 Å². The van der Waals surface area contributed by atoms with E-state index in [0.717, 1.165) is 17.7 Å². The van der Waals surface area contributed by atoms with E-state index in [0.29, 0.717) is 0 Å². The normalized spacial score (nSPS) is 17.8. The van der Waals surface area contributed by atoms with Crippen molar-refractivity contribution in [1.82, 2.24) is 0 Å². The minimum Gasteiger partial charge on any atom is -0.458 e. The summed E-state index contributed by atoms with van der Waals surface area (Å²) in [7, 11) is 0. The van der Waals surface area contributed by atoms with E-state index in [-0.39, 0.29) is 6.29 Å². The van der Waals surface area contributed by atoms with Crippen molar-refractivity contribution < 1.29 is 9.47 Å².